The fraction of sp³-hybridized carbons (Fsp3) is 0.0714. The van der Waals surface area contributed by atoms with Crippen LogP contribution in [0.1, 0.15) is 15.9 Å². The Morgan fingerprint density at radius 1 is 1.00 bits per heavy atom. The zero-order valence-corrected chi connectivity index (χ0v) is 11.3. The highest BCUT2D eigenvalue weighted by atomic mass is 32.2. The van der Waals surface area contributed by atoms with Gasteiger partial charge in [-0.1, -0.05) is 30.3 Å². The van der Waals surface area contributed by atoms with Crippen LogP contribution in [0.2, 0.25) is 0 Å². The fourth-order valence-corrected chi connectivity index (χ4v) is 2.88. The van der Waals surface area contributed by atoms with E-state index in [9.17, 15) is 13.2 Å². The van der Waals surface area contributed by atoms with Crippen LogP contribution < -0.4 is 4.72 Å². The summed E-state index contributed by atoms with van der Waals surface area (Å²) in [5.74, 6) is -1.25. The number of nitrogens with one attached hydrogen (secondary N) is 1. The van der Waals surface area contributed by atoms with E-state index in [1.165, 1.54) is 24.3 Å². The molecule has 6 heteroatoms. The molecule has 0 radical (unpaired) electrons. The molecule has 0 atom stereocenters. The lowest BCUT2D eigenvalue weighted by molar-refractivity contribution is 0.0697. The van der Waals surface area contributed by atoms with Gasteiger partial charge in [-0.05, 0) is 29.8 Å². The van der Waals surface area contributed by atoms with Crippen LogP contribution >= 0.6 is 0 Å². The molecule has 0 fully saturated rings. The van der Waals surface area contributed by atoms with Crippen LogP contribution in [0, 0.1) is 0 Å². The van der Waals surface area contributed by atoms with E-state index in [0.717, 1.165) is 0 Å². The van der Waals surface area contributed by atoms with Crippen molar-refractivity contribution in [2.24, 2.45) is 0 Å². The van der Waals surface area contributed by atoms with Gasteiger partial charge in [0, 0.05) is 5.69 Å². The van der Waals surface area contributed by atoms with Crippen molar-refractivity contribution in [3.63, 3.8) is 0 Å². The highest BCUT2D eigenvalue weighted by molar-refractivity contribution is 7.91. The second-order valence-electron chi connectivity index (χ2n) is 4.23. The van der Waals surface area contributed by atoms with Gasteiger partial charge in [0.1, 0.15) is 0 Å². The second-order valence-corrected chi connectivity index (χ2v) is 5.95. The molecule has 0 unspecified atom stereocenters. The van der Waals surface area contributed by atoms with Crippen molar-refractivity contribution in [1.29, 1.82) is 0 Å². The Morgan fingerprint density at radius 3 is 2.15 bits per heavy atom. The van der Waals surface area contributed by atoms with Gasteiger partial charge in [0.05, 0.1) is 11.3 Å². The predicted molar refractivity (Wildman–Crippen MR) is 76.1 cm³/mol. The minimum atomic E-state index is -3.52. The second kappa shape index (κ2) is 5.75. The summed E-state index contributed by atoms with van der Waals surface area (Å²) in [7, 11) is -3.52. The minimum absolute atomic E-state index is 0.127. The van der Waals surface area contributed by atoms with E-state index in [4.69, 9.17) is 5.11 Å². The van der Waals surface area contributed by atoms with E-state index in [1.54, 1.807) is 30.3 Å². The fourth-order valence-electron chi connectivity index (χ4n) is 1.68. The van der Waals surface area contributed by atoms with E-state index < -0.39 is 16.0 Å². The lowest BCUT2D eigenvalue weighted by Crippen LogP contribution is -2.15. The molecule has 0 saturated heterocycles. The molecule has 0 aliphatic carbocycles. The van der Waals surface area contributed by atoms with Gasteiger partial charge in [-0.3, -0.25) is 4.72 Å². The highest BCUT2D eigenvalue weighted by Crippen LogP contribution is 2.13. The van der Waals surface area contributed by atoms with Gasteiger partial charge in [-0.2, -0.15) is 0 Å². The maximum atomic E-state index is 12.0. The van der Waals surface area contributed by atoms with Gasteiger partial charge in [0.2, 0.25) is 10.0 Å². The number of rotatable bonds is 5. The minimum Gasteiger partial charge on any atom is -0.478 e. The maximum Gasteiger partial charge on any atom is 0.335 e. The van der Waals surface area contributed by atoms with E-state index in [2.05, 4.69) is 4.72 Å². The van der Waals surface area contributed by atoms with Crippen molar-refractivity contribution in [1.82, 2.24) is 0 Å². The molecule has 0 saturated carbocycles. The van der Waals surface area contributed by atoms with Crippen LogP contribution in [-0.2, 0) is 15.8 Å². The van der Waals surface area contributed by atoms with Gasteiger partial charge in [-0.25, -0.2) is 13.2 Å². The lowest BCUT2D eigenvalue weighted by Gasteiger charge is -2.08. The molecule has 5 nitrogen and oxygen atoms in total. The van der Waals surface area contributed by atoms with Crippen LogP contribution in [0.15, 0.2) is 54.6 Å². The predicted octanol–water partition coefficient (Wildman–Crippen LogP) is 2.33. The Bertz CT molecular complexity index is 694. The Morgan fingerprint density at radius 2 is 1.60 bits per heavy atom. The third-order valence-electron chi connectivity index (χ3n) is 2.60. The molecule has 104 valence electrons. The largest absolute Gasteiger partial charge is 0.478 e. The molecule has 0 aromatic heterocycles. The van der Waals surface area contributed by atoms with Gasteiger partial charge in [0.15, 0.2) is 0 Å². The molecule has 2 aromatic carbocycles. The van der Waals surface area contributed by atoms with E-state index >= 15 is 0 Å². The number of anilines is 1. The van der Waals surface area contributed by atoms with Gasteiger partial charge >= 0.3 is 5.97 Å². The summed E-state index contributed by atoms with van der Waals surface area (Å²) in [6.07, 6.45) is 0. The summed E-state index contributed by atoms with van der Waals surface area (Å²) in [6, 6.07) is 14.3. The number of sulfonamides is 1. The standard InChI is InChI=1S/C14H13NO4S/c16-14(17)12-8-6-11(7-9-12)10-20(18,19)15-13-4-2-1-3-5-13/h1-9,15H,10H2,(H,16,17). The first-order valence-electron chi connectivity index (χ1n) is 5.84. The Kier molecular flexibility index (Phi) is 4.05. The number of hydrogen-bond donors (Lipinski definition) is 2. The summed E-state index contributed by atoms with van der Waals surface area (Å²) >= 11 is 0. The van der Waals surface area contributed by atoms with Crippen molar-refractivity contribution in [3.8, 4) is 0 Å². The van der Waals surface area contributed by atoms with Crippen molar-refractivity contribution < 1.29 is 18.3 Å². The lowest BCUT2D eigenvalue weighted by atomic mass is 10.1. The quantitative estimate of drug-likeness (QED) is 0.885. The van der Waals surface area contributed by atoms with Crippen LogP contribution in [0.4, 0.5) is 5.69 Å². The first-order chi connectivity index (χ1) is 9.46. The van der Waals surface area contributed by atoms with Gasteiger partial charge < -0.3 is 5.11 Å². The average molecular weight is 291 g/mol. The van der Waals surface area contributed by atoms with E-state index in [-0.39, 0.29) is 11.3 Å². The molecular formula is C14H13NO4S. The summed E-state index contributed by atoms with van der Waals surface area (Å²) in [5, 5.41) is 8.77. The first kappa shape index (κ1) is 14.1. The number of carboxylic acid groups (broad SMARTS) is 1. The van der Waals surface area contributed by atoms with Crippen molar-refractivity contribution in [2.45, 2.75) is 5.75 Å². The number of hydrogen-bond acceptors (Lipinski definition) is 3. The van der Waals surface area contributed by atoms with E-state index in [1.807, 2.05) is 0 Å². The Hall–Kier alpha value is -2.34. The Balaban J connectivity index is 2.10. The van der Waals surface area contributed by atoms with Gasteiger partial charge in [-0.15, -0.1) is 0 Å². The van der Waals surface area contributed by atoms with Crippen molar-refractivity contribution in [2.75, 3.05) is 4.72 Å². The number of carboxylic acids is 1. The third kappa shape index (κ3) is 3.83. The highest BCUT2D eigenvalue weighted by Gasteiger charge is 2.12. The number of aromatic carboxylic acids is 1. The SMILES string of the molecule is O=C(O)c1ccc(CS(=O)(=O)Nc2ccccc2)cc1. The summed E-state index contributed by atoms with van der Waals surface area (Å²) in [5.41, 5.74) is 1.15. The molecule has 0 heterocycles. The molecule has 0 spiro atoms. The third-order valence-corrected chi connectivity index (χ3v) is 3.86. The van der Waals surface area contributed by atoms with Crippen LogP contribution in [0.5, 0.6) is 0 Å². The maximum absolute atomic E-state index is 12.0. The summed E-state index contributed by atoms with van der Waals surface area (Å²) in [4.78, 5) is 10.7. The number of carbonyl (C=O) groups is 1. The molecule has 0 amide bonds. The average Bonchev–Trinajstić information content (AvgIpc) is 2.39. The topological polar surface area (TPSA) is 83.5 Å². The molecule has 0 aliphatic heterocycles. The van der Waals surface area contributed by atoms with Crippen LogP contribution in [-0.4, -0.2) is 19.5 Å². The molecule has 0 bridgehead atoms. The summed E-state index contributed by atoms with van der Waals surface area (Å²) in [6.45, 7) is 0. The molecule has 2 N–H and O–H groups in total. The molecule has 2 aromatic rings. The summed E-state index contributed by atoms with van der Waals surface area (Å²) < 4.78 is 26.4. The normalized spacial score (nSPS) is 11.0. The zero-order chi connectivity index (χ0) is 14.6. The molecule has 0 aliphatic rings. The molecule has 2 rings (SSSR count). The van der Waals surface area contributed by atoms with Crippen LogP contribution in [0.3, 0.4) is 0 Å². The first-order valence-corrected chi connectivity index (χ1v) is 7.49. The van der Waals surface area contributed by atoms with E-state index in [0.29, 0.717) is 11.3 Å². The number of benzene rings is 2. The van der Waals surface area contributed by atoms with Gasteiger partial charge in [0.25, 0.3) is 0 Å². The van der Waals surface area contributed by atoms with Crippen molar-refractivity contribution >= 4 is 21.7 Å². The zero-order valence-electron chi connectivity index (χ0n) is 10.5. The molecule has 20 heavy (non-hydrogen) atoms. The molecular weight excluding hydrogens is 278 g/mol. The number of para-hydroxylation sites is 1. The van der Waals surface area contributed by atoms with Crippen molar-refractivity contribution in [3.05, 3.63) is 65.7 Å². The monoisotopic (exact) mass is 291 g/mol. The Labute approximate surface area is 116 Å². The van der Waals surface area contributed by atoms with Crippen LogP contribution in [0.25, 0.3) is 0 Å². The smallest absolute Gasteiger partial charge is 0.335 e.